The molecule has 0 fully saturated rings. The lowest BCUT2D eigenvalue weighted by molar-refractivity contribution is 0.548. The molecule has 0 aliphatic heterocycles. The minimum atomic E-state index is -0.236. The van der Waals surface area contributed by atoms with Crippen LogP contribution in [0.3, 0.4) is 0 Å². The van der Waals surface area contributed by atoms with Gasteiger partial charge in [-0.15, -0.1) is 5.10 Å². The Morgan fingerprint density at radius 3 is 2.58 bits per heavy atom. The molecule has 1 aromatic carbocycles. The zero-order chi connectivity index (χ0) is 13.8. The molecule has 1 unspecified atom stereocenters. The van der Waals surface area contributed by atoms with Crippen LogP contribution in [0.5, 0.6) is 0 Å². The first kappa shape index (κ1) is 14.1. The molecule has 0 amide bonds. The van der Waals surface area contributed by atoms with Gasteiger partial charge in [0.1, 0.15) is 5.82 Å². The first-order valence-electron chi connectivity index (χ1n) is 6.17. The second-order valence-corrected chi connectivity index (χ2v) is 5.08. The van der Waals surface area contributed by atoms with Crippen molar-refractivity contribution in [2.75, 3.05) is 6.54 Å². The van der Waals surface area contributed by atoms with Crippen molar-refractivity contribution in [1.29, 1.82) is 0 Å². The van der Waals surface area contributed by atoms with E-state index in [0.29, 0.717) is 4.60 Å². The molecular formula is C13H16BrFN4. The van der Waals surface area contributed by atoms with Crippen LogP contribution >= 0.6 is 15.9 Å². The number of aromatic nitrogens is 3. The molecule has 1 atom stereocenters. The lowest BCUT2D eigenvalue weighted by atomic mass is 10.0. The van der Waals surface area contributed by atoms with Crippen LogP contribution in [0, 0.1) is 5.82 Å². The molecule has 102 valence electrons. The lowest BCUT2D eigenvalue weighted by Gasteiger charge is -2.19. The number of nitrogens with one attached hydrogen (secondary N) is 1. The van der Waals surface area contributed by atoms with Gasteiger partial charge in [0.2, 0.25) is 0 Å². The van der Waals surface area contributed by atoms with E-state index in [1.54, 1.807) is 16.8 Å². The predicted octanol–water partition coefficient (Wildman–Crippen LogP) is 2.81. The second-order valence-electron chi connectivity index (χ2n) is 4.33. The van der Waals surface area contributed by atoms with E-state index in [9.17, 15) is 4.39 Å². The standard InChI is InChI=1S/C13H16BrFN4/c1-3-8-16-11(9-4-6-10(15)7-5-9)12-13(14)17-18-19(12)2/h4-7,11,16H,3,8H2,1-2H3. The molecule has 0 radical (unpaired) electrons. The van der Waals surface area contributed by atoms with Crippen LogP contribution in [0.2, 0.25) is 0 Å². The third-order valence-corrected chi connectivity index (χ3v) is 3.47. The number of halogens is 2. The van der Waals surface area contributed by atoms with E-state index in [-0.39, 0.29) is 11.9 Å². The fourth-order valence-electron chi connectivity index (χ4n) is 1.96. The van der Waals surface area contributed by atoms with Crippen LogP contribution in [-0.4, -0.2) is 21.5 Å². The minimum absolute atomic E-state index is 0.0603. The van der Waals surface area contributed by atoms with Gasteiger partial charge in [-0.25, -0.2) is 9.07 Å². The molecule has 0 spiro atoms. The Bertz CT molecular complexity index is 519. The average Bonchev–Trinajstić information content (AvgIpc) is 2.73. The second kappa shape index (κ2) is 6.25. The van der Waals surface area contributed by atoms with Crippen molar-refractivity contribution in [3.63, 3.8) is 0 Å². The van der Waals surface area contributed by atoms with E-state index in [0.717, 1.165) is 24.2 Å². The molecule has 6 heteroatoms. The van der Waals surface area contributed by atoms with Crippen LogP contribution < -0.4 is 5.32 Å². The molecule has 0 aliphatic rings. The number of rotatable bonds is 5. The zero-order valence-electron chi connectivity index (χ0n) is 10.9. The molecule has 19 heavy (non-hydrogen) atoms. The third kappa shape index (κ3) is 3.19. The molecule has 4 nitrogen and oxygen atoms in total. The summed E-state index contributed by atoms with van der Waals surface area (Å²) < 4.78 is 15.5. The zero-order valence-corrected chi connectivity index (χ0v) is 12.5. The summed E-state index contributed by atoms with van der Waals surface area (Å²) in [7, 11) is 1.84. The van der Waals surface area contributed by atoms with Gasteiger partial charge in [0, 0.05) is 7.05 Å². The lowest BCUT2D eigenvalue weighted by Crippen LogP contribution is -2.25. The fourth-order valence-corrected chi connectivity index (χ4v) is 2.52. The van der Waals surface area contributed by atoms with Crippen molar-refractivity contribution in [1.82, 2.24) is 20.3 Å². The van der Waals surface area contributed by atoms with Crippen LogP contribution in [-0.2, 0) is 7.05 Å². The van der Waals surface area contributed by atoms with Gasteiger partial charge in [0.25, 0.3) is 0 Å². The van der Waals surface area contributed by atoms with Crippen LogP contribution in [0.15, 0.2) is 28.9 Å². The van der Waals surface area contributed by atoms with Crippen LogP contribution in [0.25, 0.3) is 0 Å². The summed E-state index contributed by atoms with van der Waals surface area (Å²) in [5, 5.41) is 11.4. The molecule has 2 rings (SSSR count). The maximum Gasteiger partial charge on any atom is 0.153 e. The Balaban J connectivity index is 2.38. The topological polar surface area (TPSA) is 42.7 Å². The molecule has 1 heterocycles. The molecule has 1 aromatic heterocycles. The summed E-state index contributed by atoms with van der Waals surface area (Å²) in [6.45, 7) is 2.96. The first-order chi connectivity index (χ1) is 9.13. The van der Waals surface area contributed by atoms with Gasteiger partial charge in [0.05, 0.1) is 11.7 Å². The van der Waals surface area contributed by atoms with E-state index < -0.39 is 0 Å². The van der Waals surface area contributed by atoms with Gasteiger partial charge in [-0.1, -0.05) is 24.3 Å². The highest BCUT2D eigenvalue weighted by atomic mass is 79.9. The molecule has 2 aromatic rings. The Morgan fingerprint density at radius 2 is 2.05 bits per heavy atom. The van der Waals surface area contributed by atoms with E-state index in [2.05, 4.69) is 38.5 Å². The van der Waals surface area contributed by atoms with E-state index >= 15 is 0 Å². The number of benzene rings is 1. The fraction of sp³-hybridized carbons (Fsp3) is 0.385. The quantitative estimate of drug-likeness (QED) is 0.918. The largest absolute Gasteiger partial charge is 0.305 e. The number of nitrogens with zero attached hydrogens (tertiary/aromatic N) is 3. The smallest absolute Gasteiger partial charge is 0.153 e. The summed E-state index contributed by atoms with van der Waals surface area (Å²) in [6.07, 6.45) is 1.01. The summed E-state index contributed by atoms with van der Waals surface area (Å²) >= 11 is 3.41. The maximum atomic E-state index is 13.0. The Kier molecular flexibility index (Phi) is 4.66. The predicted molar refractivity (Wildman–Crippen MR) is 75.2 cm³/mol. The van der Waals surface area contributed by atoms with Crippen molar-refractivity contribution in [3.05, 3.63) is 45.9 Å². The minimum Gasteiger partial charge on any atom is -0.305 e. The average molecular weight is 327 g/mol. The number of hydrogen-bond donors (Lipinski definition) is 1. The third-order valence-electron chi connectivity index (χ3n) is 2.90. The monoisotopic (exact) mass is 326 g/mol. The van der Waals surface area contributed by atoms with Gasteiger partial charge in [-0.2, -0.15) is 0 Å². The summed E-state index contributed by atoms with van der Waals surface area (Å²) in [4.78, 5) is 0. The normalized spacial score (nSPS) is 12.6. The molecular weight excluding hydrogens is 311 g/mol. The van der Waals surface area contributed by atoms with Crippen molar-refractivity contribution >= 4 is 15.9 Å². The first-order valence-corrected chi connectivity index (χ1v) is 6.96. The van der Waals surface area contributed by atoms with Gasteiger partial charge >= 0.3 is 0 Å². The summed E-state index contributed by atoms with van der Waals surface area (Å²) in [5.41, 5.74) is 1.92. The highest BCUT2D eigenvalue weighted by molar-refractivity contribution is 9.10. The summed E-state index contributed by atoms with van der Waals surface area (Å²) in [6, 6.07) is 6.43. The SMILES string of the molecule is CCCNC(c1ccc(F)cc1)c1c(Br)nnn1C. The highest BCUT2D eigenvalue weighted by Gasteiger charge is 2.21. The molecule has 0 aliphatic carbocycles. The van der Waals surface area contributed by atoms with Crippen LogP contribution in [0.1, 0.15) is 30.6 Å². The Hall–Kier alpha value is -1.27. The van der Waals surface area contributed by atoms with Crippen molar-refractivity contribution in [2.24, 2.45) is 7.05 Å². The van der Waals surface area contributed by atoms with Crippen molar-refractivity contribution < 1.29 is 4.39 Å². The summed E-state index contributed by atoms with van der Waals surface area (Å²) in [5.74, 6) is -0.236. The Morgan fingerprint density at radius 1 is 1.37 bits per heavy atom. The Labute approximate surface area is 120 Å². The molecule has 0 bridgehead atoms. The maximum absolute atomic E-state index is 13.0. The highest BCUT2D eigenvalue weighted by Crippen LogP contribution is 2.26. The van der Waals surface area contributed by atoms with Crippen molar-refractivity contribution in [3.8, 4) is 0 Å². The molecule has 0 saturated heterocycles. The van der Waals surface area contributed by atoms with E-state index in [1.165, 1.54) is 12.1 Å². The number of aryl methyl sites for hydroxylation is 1. The van der Waals surface area contributed by atoms with Gasteiger partial charge in [-0.3, -0.25) is 0 Å². The van der Waals surface area contributed by atoms with Gasteiger partial charge in [-0.05, 0) is 46.6 Å². The van der Waals surface area contributed by atoms with Gasteiger partial charge in [0.15, 0.2) is 4.60 Å². The van der Waals surface area contributed by atoms with Crippen molar-refractivity contribution in [2.45, 2.75) is 19.4 Å². The van der Waals surface area contributed by atoms with Crippen LogP contribution in [0.4, 0.5) is 4.39 Å². The van der Waals surface area contributed by atoms with E-state index in [1.807, 2.05) is 7.05 Å². The molecule has 0 saturated carbocycles. The molecule has 1 N–H and O–H groups in total. The van der Waals surface area contributed by atoms with E-state index in [4.69, 9.17) is 0 Å². The number of hydrogen-bond acceptors (Lipinski definition) is 3. The van der Waals surface area contributed by atoms with Gasteiger partial charge < -0.3 is 5.32 Å².